The molecule has 1 aromatic heterocycles. The lowest BCUT2D eigenvalue weighted by atomic mass is 10.2. The summed E-state index contributed by atoms with van der Waals surface area (Å²) < 4.78 is 0.446. The molecule has 0 saturated heterocycles. The van der Waals surface area contributed by atoms with Crippen molar-refractivity contribution in [1.29, 1.82) is 0 Å². The van der Waals surface area contributed by atoms with Crippen LogP contribution in [0.25, 0.3) is 0 Å². The molecule has 4 nitrogen and oxygen atoms in total. The molecule has 19 heavy (non-hydrogen) atoms. The largest absolute Gasteiger partial charge is 0.370 e. The molecule has 2 N–H and O–H groups in total. The summed E-state index contributed by atoms with van der Waals surface area (Å²) in [5.41, 5.74) is 0. The molecule has 0 aliphatic heterocycles. The van der Waals surface area contributed by atoms with E-state index in [1.165, 1.54) is 12.8 Å². The third-order valence-electron chi connectivity index (χ3n) is 3.45. The number of nitrogens with zero attached hydrogens (tertiary/aromatic N) is 2. The van der Waals surface area contributed by atoms with Crippen LogP contribution in [0.15, 0.2) is 6.07 Å². The summed E-state index contributed by atoms with van der Waals surface area (Å²) in [6.07, 6.45) is 4.81. The van der Waals surface area contributed by atoms with Crippen LogP contribution in [0.3, 0.4) is 0 Å². The van der Waals surface area contributed by atoms with Crippen molar-refractivity contribution in [3.05, 3.63) is 11.9 Å². The van der Waals surface area contributed by atoms with Gasteiger partial charge in [0.15, 0.2) is 0 Å². The van der Waals surface area contributed by atoms with Gasteiger partial charge in [0.1, 0.15) is 17.5 Å². The van der Waals surface area contributed by atoms with Crippen molar-refractivity contribution in [1.82, 2.24) is 9.97 Å². The molecule has 1 heterocycles. The summed E-state index contributed by atoms with van der Waals surface area (Å²) in [6.45, 7) is 8.20. The Labute approximate surface area is 120 Å². The van der Waals surface area contributed by atoms with Crippen molar-refractivity contribution in [3.8, 4) is 0 Å². The Kier molecular flexibility index (Phi) is 4.55. The molecule has 2 rings (SSSR count). The van der Waals surface area contributed by atoms with Crippen LogP contribution in [0, 0.1) is 0 Å². The van der Waals surface area contributed by atoms with E-state index in [4.69, 9.17) is 0 Å². The zero-order valence-corrected chi connectivity index (χ0v) is 13.1. The Morgan fingerprint density at radius 3 is 2.37 bits per heavy atom. The first-order chi connectivity index (χ1) is 9.08. The van der Waals surface area contributed by atoms with Crippen LogP contribution in [0.5, 0.6) is 0 Å². The van der Waals surface area contributed by atoms with Gasteiger partial charge in [0, 0.05) is 29.8 Å². The van der Waals surface area contributed by atoms with E-state index in [1.807, 2.05) is 17.8 Å². The maximum absolute atomic E-state index is 4.61. The first-order valence-electron chi connectivity index (χ1n) is 7.00. The number of anilines is 2. The van der Waals surface area contributed by atoms with E-state index in [0.717, 1.165) is 30.5 Å². The van der Waals surface area contributed by atoms with Gasteiger partial charge in [-0.05, 0) is 26.0 Å². The average molecular weight is 280 g/mol. The smallest absolute Gasteiger partial charge is 0.135 e. The maximum Gasteiger partial charge on any atom is 0.135 e. The van der Waals surface area contributed by atoms with Crippen LogP contribution in [0.2, 0.25) is 0 Å². The standard InChI is InChI=1S/C14H24N4S/c1-5-15-11-8-12(18-13(17-11)10(2)3)16-9-14(19-4)6-7-14/h8,10H,5-7,9H2,1-4H3,(H2,15,16,17,18). The molecule has 1 aliphatic rings. The van der Waals surface area contributed by atoms with Gasteiger partial charge in [0.05, 0.1) is 0 Å². The minimum absolute atomic E-state index is 0.342. The van der Waals surface area contributed by atoms with E-state index < -0.39 is 0 Å². The van der Waals surface area contributed by atoms with Crippen molar-refractivity contribution < 1.29 is 0 Å². The predicted molar refractivity (Wildman–Crippen MR) is 84.3 cm³/mol. The van der Waals surface area contributed by atoms with Gasteiger partial charge >= 0.3 is 0 Å². The minimum Gasteiger partial charge on any atom is -0.370 e. The highest BCUT2D eigenvalue weighted by Gasteiger charge is 2.41. The highest BCUT2D eigenvalue weighted by molar-refractivity contribution is 8.00. The van der Waals surface area contributed by atoms with Crippen LogP contribution in [-0.2, 0) is 0 Å². The second-order valence-electron chi connectivity index (χ2n) is 5.42. The lowest BCUT2D eigenvalue weighted by molar-refractivity contribution is 0.773. The van der Waals surface area contributed by atoms with Crippen LogP contribution in [-0.4, -0.2) is 34.1 Å². The molecule has 0 bridgehead atoms. The fourth-order valence-corrected chi connectivity index (χ4v) is 2.66. The van der Waals surface area contributed by atoms with E-state index in [-0.39, 0.29) is 0 Å². The number of hydrogen-bond donors (Lipinski definition) is 2. The van der Waals surface area contributed by atoms with E-state index in [0.29, 0.717) is 10.7 Å². The van der Waals surface area contributed by atoms with Gasteiger partial charge in [-0.3, -0.25) is 0 Å². The second kappa shape index (κ2) is 5.99. The Hall–Kier alpha value is -0.970. The van der Waals surface area contributed by atoms with E-state index in [9.17, 15) is 0 Å². The summed E-state index contributed by atoms with van der Waals surface area (Å²) in [7, 11) is 0. The molecule has 0 unspecified atom stereocenters. The predicted octanol–water partition coefficient (Wildman–Crippen LogP) is 3.34. The summed E-state index contributed by atoms with van der Waals surface area (Å²) >= 11 is 1.96. The minimum atomic E-state index is 0.342. The summed E-state index contributed by atoms with van der Waals surface area (Å²) in [6, 6.07) is 2.01. The van der Waals surface area contributed by atoms with Crippen molar-refractivity contribution in [2.24, 2.45) is 0 Å². The Morgan fingerprint density at radius 1 is 1.26 bits per heavy atom. The van der Waals surface area contributed by atoms with Gasteiger partial charge < -0.3 is 10.6 Å². The Morgan fingerprint density at radius 2 is 1.89 bits per heavy atom. The van der Waals surface area contributed by atoms with Gasteiger partial charge in [-0.2, -0.15) is 11.8 Å². The number of thioether (sulfide) groups is 1. The molecule has 0 aromatic carbocycles. The molecule has 5 heteroatoms. The molecular formula is C14H24N4S. The molecule has 1 aliphatic carbocycles. The Bertz CT molecular complexity index is 429. The van der Waals surface area contributed by atoms with Crippen LogP contribution in [0.1, 0.15) is 45.4 Å². The maximum atomic E-state index is 4.61. The Balaban J connectivity index is 2.09. The van der Waals surface area contributed by atoms with Crippen molar-refractivity contribution in [2.75, 3.05) is 30.0 Å². The molecular weight excluding hydrogens is 256 g/mol. The fraction of sp³-hybridized carbons (Fsp3) is 0.714. The van der Waals surface area contributed by atoms with Gasteiger partial charge in [0.25, 0.3) is 0 Å². The normalized spacial score (nSPS) is 16.5. The lowest BCUT2D eigenvalue weighted by Gasteiger charge is -2.16. The van der Waals surface area contributed by atoms with Crippen LogP contribution < -0.4 is 10.6 Å². The third-order valence-corrected chi connectivity index (χ3v) is 4.87. The monoisotopic (exact) mass is 280 g/mol. The fourth-order valence-electron chi connectivity index (χ4n) is 1.93. The molecule has 1 fully saturated rings. The summed E-state index contributed by atoms with van der Waals surface area (Å²) in [4.78, 5) is 9.14. The average Bonchev–Trinajstić information content (AvgIpc) is 3.17. The van der Waals surface area contributed by atoms with Crippen molar-refractivity contribution >= 4 is 23.4 Å². The van der Waals surface area contributed by atoms with Crippen molar-refractivity contribution in [3.63, 3.8) is 0 Å². The first-order valence-corrected chi connectivity index (χ1v) is 8.23. The number of hydrogen-bond acceptors (Lipinski definition) is 5. The van der Waals surface area contributed by atoms with Gasteiger partial charge in [0.2, 0.25) is 0 Å². The quantitative estimate of drug-likeness (QED) is 0.802. The van der Waals surface area contributed by atoms with Gasteiger partial charge in [-0.25, -0.2) is 9.97 Å². The van der Waals surface area contributed by atoms with Gasteiger partial charge in [-0.1, -0.05) is 13.8 Å². The van der Waals surface area contributed by atoms with Crippen LogP contribution >= 0.6 is 11.8 Å². The molecule has 106 valence electrons. The number of nitrogens with one attached hydrogen (secondary N) is 2. The highest BCUT2D eigenvalue weighted by atomic mass is 32.2. The SMILES string of the molecule is CCNc1cc(NCC2(SC)CC2)nc(C(C)C)n1. The molecule has 1 aromatic rings. The zero-order chi connectivity index (χ0) is 13.9. The second-order valence-corrected chi connectivity index (χ2v) is 6.70. The van der Waals surface area contributed by atoms with E-state index >= 15 is 0 Å². The molecule has 0 atom stereocenters. The molecule has 0 amide bonds. The summed E-state index contributed by atoms with van der Waals surface area (Å²) in [5, 5.41) is 6.75. The highest BCUT2D eigenvalue weighted by Crippen LogP contribution is 2.47. The lowest BCUT2D eigenvalue weighted by Crippen LogP contribution is -2.19. The van der Waals surface area contributed by atoms with Crippen molar-refractivity contribution in [2.45, 2.75) is 44.3 Å². The third kappa shape index (κ3) is 3.75. The van der Waals surface area contributed by atoms with E-state index in [2.05, 4.69) is 47.6 Å². The van der Waals surface area contributed by atoms with E-state index in [1.54, 1.807) is 0 Å². The number of aromatic nitrogens is 2. The first kappa shape index (κ1) is 14.4. The molecule has 0 spiro atoms. The van der Waals surface area contributed by atoms with Gasteiger partial charge in [-0.15, -0.1) is 0 Å². The number of rotatable bonds is 7. The zero-order valence-electron chi connectivity index (χ0n) is 12.3. The summed E-state index contributed by atoms with van der Waals surface area (Å²) in [5.74, 6) is 3.09. The van der Waals surface area contributed by atoms with Crippen LogP contribution in [0.4, 0.5) is 11.6 Å². The molecule has 0 radical (unpaired) electrons. The topological polar surface area (TPSA) is 49.8 Å². The molecule has 1 saturated carbocycles.